The number of para-hydroxylation sites is 1. The number of methoxy groups -OCH3 is 1. The summed E-state index contributed by atoms with van der Waals surface area (Å²) in [6.07, 6.45) is 3.49. The minimum Gasteiger partial charge on any atom is -0.497 e. The first-order valence-corrected chi connectivity index (χ1v) is 11.0. The van der Waals surface area contributed by atoms with Gasteiger partial charge in [-0.2, -0.15) is 0 Å². The summed E-state index contributed by atoms with van der Waals surface area (Å²) in [5, 5.41) is 0. The van der Waals surface area contributed by atoms with Crippen LogP contribution in [0.25, 0.3) is 5.70 Å². The van der Waals surface area contributed by atoms with Crippen molar-refractivity contribution >= 4 is 23.1 Å². The van der Waals surface area contributed by atoms with Crippen molar-refractivity contribution in [2.45, 2.75) is 30.7 Å². The highest BCUT2D eigenvalue weighted by Gasteiger charge is 2.39. The maximum absolute atomic E-state index is 5.34. The van der Waals surface area contributed by atoms with Crippen molar-refractivity contribution in [3.8, 4) is 5.75 Å². The lowest BCUT2D eigenvalue weighted by molar-refractivity contribution is 0.278. The van der Waals surface area contributed by atoms with Crippen molar-refractivity contribution in [3.05, 3.63) is 60.3 Å². The molecule has 1 atom stereocenters. The molecule has 2 aromatic rings. The van der Waals surface area contributed by atoms with Gasteiger partial charge >= 0.3 is 0 Å². The highest BCUT2D eigenvalue weighted by atomic mass is 32.2. The van der Waals surface area contributed by atoms with E-state index >= 15 is 0 Å². The van der Waals surface area contributed by atoms with Gasteiger partial charge in [0.05, 0.1) is 18.5 Å². The molecule has 0 aliphatic carbocycles. The minimum absolute atomic E-state index is 0.311. The molecular formula is C23H29N3OS. The lowest BCUT2D eigenvalue weighted by Gasteiger charge is -2.30. The summed E-state index contributed by atoms with van der Waals surface area (Å²) in [6, 6.07) is 17.2. The molecule has 2 aromatic carbocycles. The van der Waals surface area contributed by atoms with Crippen LogP contribution in [-0.4, -0.2) is 48.6 Å². The van der Waals surface area contributed by atoms with E-state index in [4.69, 9.17) is 4.74 Å². The summed E-state index contributed by atoms with van der Waals surface area (Å²) >= 11 is 1.95. The Bertz CT molecular complexity index is 832. The molecule has 0 fully saturated rings. The first-order chi connectivity index (χ1) is 13.7. The van der Waals surface area contributed by atoms with Crippen molar-refractivity contribution in [2.75, 3.05) is 38.2 Å². The van der Waals surface area contributed by atoms with E-state index in [2.05, 4.69) is 83.3 Å². The topological polar surface area (TPSA) is 19.0 Å². The molecule has 0 saturated heterocycles. The number of nitrogens with zero attached hydrogens (tertiary/aromatic N) is 3. The third-order valence-electron chi connectivity index (χ3n) is 5.60. The molecule has 0 bridgehead atoms. The smallest absolute Gasteiger partial charge is 0.159 e. The maximum Gasteiger partial charge on any atom is 0.159 e. The number of thioether (sulfide) groups is 1. The fraction of sp³-hybridized carbons (Fsp3) is 0.391. The molecule has 1 unspecified atom stereocenters. The lowest BCUT2D eigenvalue weighted by atomic mass is 10.1. The number of hydrogen-bond acceptors (Lipinski definition) is 5. The van der Waals surface area contributed by atoms with Gasteiger partial charge in [-0.1, -0.05) is 37.7 Å². The van der Waals surface area contributed by atoms with E-state index in [1.54, 1.807) is 7.11 Å². The van der Waals surface area contributed by atoms with Gasteiger partial charge in [0.15, 0.2) is 5.50 Å². The van der Waals surface area contributed by atoms with E-state index in [-0.39, 0.29) is 0 Å². The van der Waals surface area contributed by atoms with Gasteiger partial charge < -0.3 is 19.4 Å². The second kappa shape index (κ2) is 8.50. The zero-order valence-electron chi connectivity index (χ0n) is 17.0. The average molecular weight is 396 g/mol. The number of ether oxygens (including phenoxy) is 1. The van der Waals surface area contributed by atoms with E-state index in [9.17, 15) is 0 Å². The van der Waals surface area contributed by atoms with Crippen LogP contribution < -0.4 is 9.64 Å². The Balaban J connectivity index is 1.59. The molecule has 0 spiro atoms. The monoisotopic (exact) mass is 395 g/mol. The van der Waals surface area contributed by atoms with Gasteiger partial charge in [0.25, 0.3) is 0 Å². The molecule has 2 heterocycles. The van der Waals surface area contributed by atoms with Crippen LogP contribution in [0, 0.1) is 0 Å². The van der Waals surface area contributed by atoms with Crippen LogP contribution in [0.2, 0.25) is 0 Å². The molecular weight excluding hydrogens is 366 g/mol. The van der Waals surface area contributed by atoms with Crippen LogP contribution >= 0.6 is 11.8 Å². The Kier molecular flexibility index (Phi) is 5.83. The summed E-state index contributed by atoms with van der Waals surface area (Å²) in [5.41, 5.74) is 4.17. The number of anilines is 1. The van der Waals surface area contributed by atoms with Crippen molar-refractivity contribution in [1.82, 2.24) is 9.80 Å². The fourth-order valence-electron chi connectivity index (χ4n) is 3.97. The van der Waals surface area contributed by atoms with E-state index in [0.717, 1.165) is 38.3 Å². The Hall–Kier alpha value is -2.11. The number of fused-ring (bicyclic) bond motifs is 3. The van der Waals surface area contributed by atoms with Gasteiger partial charge in [0.1, 0.15) is 5.75 Å². The lowest BCUT2D eigenvalue weighted by Crippen LogP contribution is -2.36. The van der Waals surface area contributed by atoms with Gasteiger partial charge in [-0.15, -0.1) is 0 Å². The largest absolute Gasteiger partial charge is 0.497 e. The summed E-state index contributed by atoms with van der Waals surface area (Å²) in [7, 11) is 1.72. The molecule has 148 valence electrons. The third kappa shape index (κ3) is 3.61. The molecule has 28 heavy (non-hydrogen) atoms. The van der Waals surface area contributed by atoms with Gasteiger partial charge in [-0.25, -0.2) is 0 Å². The zero-order valence-corrected chi connectivity index (χ0v) is 17.8. The Morgan fingerprint density at radius 2 is 1.79 bits per heavy atom. The molecule has 2 aliphatic rings. The predicted molar refractivity (Wildman–Crippen MR) is 119 cm³/mol. The molecule has 0 amide bonds. The van der Waals surface area contributed by atoms with E-state index < -0.39 is 0 Å². The van der Waals surface area contributed by atoms with Crippen LogP contribution in [0.5, 0.6) is 5.75 Å². The summed E-state index contributed by atoms with van der Waals surface area (Å²) in [6.45, 7) is 8.92. The van der Waals surface area contributed by atoms with Crippen LogP contribution in [0.3, 0.4) is 0 Å². The van der Waals surface area contributed by atoms with Crippen LogP contribution in [0.4, 0.5) is 5.69 Å². The second-order valence-electron chi connectivity index (χ2n) is 7.14. The van der Waals surface area contributed by atoms with Crippen LogP contribution in [0.1, 0.15) is 25.8 Å². The third-order valence-corrected chi connectivity index (χ3v) is 6.90. The first kappa shape index (κ1) is 19.2. The van der Waals surface area contributed by atoms with Gasteiger partial charge in [-0.3, -0.25) is 0 Å². The zero-order chi connectivity index (χ0) is 19.5. The van der Waals surface area contributed by atoms with E-state index in [1.807, 2.05) is 11.8 Å². The van der Waals surface area contributed by atoms with Crippen LogP contribution in [0.15, 0.2) is 59.6 Å². The fourth-order valence-corrected chi connectivity index (χ4v) is 5.28. The maximum atomic E-state index is 5.34. The predicted octanol–water partition coefficient (Wildman–Crippen LogP) is 4.94. The van der Waals surface area contributed by atoms with Crippen molar-refractivity contribution < 1.29 is 4.74 Å². The molecule has 5 heteroatoms. The van der Waals surface area contributed by atoms with E-state index in [1.165, 1.54) is 21.8 Å². The standard InChI is InChI=1S/C23H29N3OS/c1-4-24(5-2)15-8-16-25-21(18-11-13-19(27-3)14-12-18)17-26-20-9-6-7-10-22(20)28-23(25)26/h6-7,9-14,17,23H,4-5,8,15-16H2,1-3H3. The van der Waals surface area contributed by atoms with Gasteiger partial charge in [-0.05, 0) is 68.0 Å². The average Bonchev–Trinajstić information content (AvgIpc) is 3.28. The SMILES string of the molecule is CCN(CC)CCCN1C(c2ccc(OC)cc2)=CN2c3ccccc3SC12. The van der Waals surface area contributed by atoms with Crippen molar-refractivity contribution in [2.24, 2.45) is 0 Å². The van der Waals surface area contributed by atoms with Crippen LogP contribution in [-0.2, 0) is 0 Å². The molecule has 4 nitrogen and oxygen atoms in total. The summed E-state index contributed by atoms with van der Waals surface area (Å²) in [5.74, 6) is 0.899. The quantitative estimate of drug-likeness (QED) is 0.629. The highest BCUT2D eigenvalue weighted by Crippen LogP contribution is 2.50. The second-order valence-corrected chi connectivity index (χ2v) is 8.23. The summed E-state index contributed by atoms with van der Waals surface area (Å²) < 4.78 is 5.34. The Labute approximate surface area is 172 Å². The van der Waals surface area contributed by atoms with Crippen molar-refractivity contribution in [1.29, 1.82) is 0 Å². The Morgan fingerprint density at radius 1 is 1.04 bits per heavy atom. The Morgan fingerprint density at radius 3 is 2.50 bits per heavy atom. The van der Waals surface area contributed by atoms with Crippen molar-refractivity contribution in [3.63, 3.8) is 0 Å². The molecule has 2 aliphatic heterocycles. The normalized spacial score (nSPS) is 17.7. The molecule has 0 aromatic heterocycles. The number of hydrogen-bond donors (Lipinski definition) is 0. The molecule has 0 saturated carbocycles. The molecule has 0 N–H and O–H groups in total. The summed E-state index contributed by atoms with van der Waals surface area (Å²) in [4.78, 5) is 8.86. The van der Waals surface area contributed by atoms with Gasteiger partial charge in [0.2, 0.25) is 0 Å². The van der Waals surface area contributed by atoms with E-state index in [0.29, 0.717) is 5.50 Å². The molecule has 4 rings (SSSR count). The van der Waals surface area contributed by atoms with Gasteiger partial charge in [0, 0.05) is 17.6 Å². The first-order valence-electron chi connectivity index (χ1n) is 10.1. The number of rotatable bonds is 8. The highest BCUT2D eigenvalue weighted by molar-refractivity contribution is 8.00. The molecule has 0 radical (unpaired) electrons. The number of benzene rings is 2. The minimum atomic E-state index is 0.311.